The van der Waals surface area contributed by atoms with Crippen LogP contribution in [0.3, 0.4) is 0 Å². The summed E-state index contributed by atoms with van der Waals surface area (Å²) in [6.07, 6.45) is 3.61. The molecule has 0 radical (unpaired) electrons. The van der Waals surface area contributed by atoms with Crippen molar-refractivity contribution >= 4 is 21.4 Å². The summed E-state index contributed by atoms with van der Waals surface area (Å²) >= 11 is 0. The van der Waals surface area contributed by atoms with E-state index in [9.17, 15) is 8.42 Å². The average molecular weight is 284 g/mol. The zero-order chi connectivity index (χ0) is 13.9. The highest BCUT2D eigenvalue weighted by Gasteiger charge is 2.16. The predicted octanol–water partition coefficient (Wildman–Crippen LogP) is 0.990. The Morgan fingerprint density at radius 3 is 2.47 bits per heavy atom. The summed E-state index contributed by atoms with van der Waals surface area (Å²) in [7, 11) is -2.13. The lowest BCUT2D eigenvalue weighted by atomic mass is 10.2. The number of nitrogens with one attached hydrogen (secondary N) is 2. The molecule has 0 spiro atoms. The summed E-state index contributed by atoms with van der Waals surface area (Å²) in [4.78, 5) is 0.110. The van der Waals surface area contributed by atoms with Crippen molar-refractivity contribution in [2.45, 2.75) is 24.2 Å². The van der Waals surface area contributed by atoms with E-state index in [4.69, 9.17) is 5.73 Å². The van der Waals surface area contributed by atoms with Crippen molar-refractivity contribution in [1.82, 2.24) is 9.73 Å². The average Bonchev–Trinajstić information content (AvgIpc) is 2.39. The summed E-state index contributed by atoms with van der Waals surface area (Å²) < 4.78 is 25.7. The first kappa shape index (κ1) is 14.1. The third-order valence-electron chi connectivity index (χ3n) is 3.21. The largest absolute Gasteiger partial charge is 0.398 e. The third-order valence-corrected chi connectivity index (χ3v) is 4.70. The van der Waals surface area contributed by atoms with Crippen molar-refractivity contribution in [3.05, 3.63) is 18.2 Å². The molecule has 4 N–H and O–H groups in total. The number of benzene rings is 1. The second kappa shape index (κ2) is 5.77. The molecule has 1 fully saturated rings. The topological polar surface area (TPSA) is 87.5 Å². The van der Waals surface area contributed by atoms with Gasteiger partial charge in [0, 0.05) is 13.1 Å². The molecule has 6 nitrogen and oxygen atoms in total. The SMILES string of the molecule is CNS(=O)(=O)c1ccc(NN2CCCCC2)cc1N. The number of hydrogen-bond acceptors (Lipinski definition) is 5. The van der Waals surface area contributed by atoms with Gasteiger partial charge in [0.1, 0.15) is 4.90 Å². The zero-order valence-electron chi connectivity index (χ0n) is 11.0. The molecule has 0 saturated carbocycles. The molecular weight excluding hydrogens is 264 g/mol. The van der Waals surface area contributed by atoms with E-state index in [1.807, 2.05) is 0 Å². The Morgan fingerprint density at radius 2 is 1.89 bits per heavy atom. The van der Waals surface area contributed by atoms with Crippen LogP contribution in [0.4, 0.5) is 11.4 Å². The second-order valence-electron chi connectivity index (χ2n) is 4.62. The molecule has 1 aromatic rings. The van der Waals surface area contributed by atoms with Gasteiger partial charge in [-0.2, -0.15) is 0 Å². The smallest absolute Gasteiger partial charge is 0.242 e. The van der Waals surface area contributed by atoms with Crippen LogP contribution < -0.4 is 15.9 Å². The lowest BCUT2D eigenvalue weighted by Crippen LogP contribution is -2.34. The highest BCUT2D eigenvalue weighted by atomic mass is 32.2. The minimum atomic E-state index is -3.50. The molecule has 19 heavy (non-hydrogen) atoms. The van der Waals surface area contributed by atoms with Crippen molar-refractivity contribution in [3.8, 4) is 0 Å². The number of nitrogens with zero attached hydrogens (tertiary/aromatic N) is 1. The minimum Gasteiger partial charge on any atom is -0.398 e. The van der Waals surface area contributed by atoms with Crippen molar-refractivity contribution in [3.63, 3.8) is 0 Å². The molecule has 1 saturated heterocycles. The first-order chi connectivity index (χ1) is 9.03. The van der Waals surface area contributed by atoms with E-state index >= 15 is 0 Å². The van der Waals surface area contributed by atoms with Gasteiger partial charge in [-0.3, -0.25) is 0 Å². The number of rotatable bonds is 4. The van der Waals surface area contributed by atoms with Crippen molar-refractivity contribution in [2.75, 3.05) is 31.3 Å². The van der Waals surface area contributed by atoms with Crippen LogP contribution in [0.5, 0.6) is 0 Å². The Balaban J connectivity index is 2.14. The highest BCUT2D eigenvalue weighted by Crippen LogP contribution is 2.23. The van der Waals surface area contributed by atoms with Gasteiger partial charge in [0.05, 0.1) is 11.4 Å². The summed E-state index contributed by atoms with van der Waals surface area (Å²) in [5, 5.41) is 2.13. The molecule has 0 bridgehead atoms. The number of hydrogen-bond donors (Lipinski definition) is 3. The number of sulfonamides is 1. The minimum absolute atomic E-state index is 0.110. The molecule has 2 rings (SSSR count). The third kappa shape index (κ3) is 3.37. The van der Waals surface area contributed by atoms with Gasteiger partial charge >= 0.3 is 0 Å². The summed E-state index contributed by atoms with van der Waals surface area (Å²) in [5.74, 6) is 0. The molecule has 0 atom stereocenters. The van der Waals surface area contributed by atoms with E-state index in [0.29, 0.717) is 0 Å². The monoisotopic (exact) mass is 284 g/mol. The van der Waals surface area contributed by atoms with Crippen LogP contribution in [0, 0.1) is 0 Å². The first-order valence-electron chi connectivity index (χ1n) is 6.37. The number of hydrazine groups is 1. The summed E-state index contributed by atoms with van der Waals surface area (Å²) in [5.41, 5.74) is 10.1. The van der Waals surface area contributed by atoms with Crippen molar-refractivity contribution in [2.24, 2.45) is 0 Å². The van der Waals surface area contributed by atoms with E-state index < -0.39 is 10.0 Å². The zero-order valence-corrected chi connectivity index (χ0v) is 11.8. The molecule has 0 aromatic heterocycles. The molecule has 1 aliphatic heterocycles. The van der Waals surface area contributed by atoms with Gasteiger partial charge in [0.2, 0.25) is 10.0 Å². The quantitative estimate of drug-likeness (QED) is 0.718. The van der Waals surface area contributed by atoms with Crippen LogP contribution in [0.25, 0.3) is 0 Å². The van der Waals surface area contributed by atoms with Crippen LogP contribution in [0.15, 0.2) is 23.1 Å². The van der Waals surface area contributed by atoms with Gasteiger partial charge in [0.15, 0.2) is 0 Å². The normalized spacial score (nSPS) is 17.3. The predicted molar refractivity (Wildman–Crippen MR) is 76.1 cm³/mol. The van der Waals surface area contributed by atoms with Crippen LogP contribution >= 0.6 is 0 Å². The van der Waals surface area contributed by atoms with Crippen molar-refractivity contribution in [1.29, 1.82) is 0 Å². The maximum atomic E-state index is 11.7. The van der Waals surface area contributed by atoms with Gasteiger partial charge in [-0.15, -0.1) is 0 Å². The second-order valence-corrected chi connectivity index (χ2v) is 6.47. The molecule has 1 heterocycles. The Bertz CT molecular complexity index is 539. The lowest BCUT2D eigenvalue weighted by Gasteiger charge is -2.28. The van der Waals surface area contributed by atoms with Gasteiger partial charge in [-0.05, 0) is 38.1 Å². The van der Waals surface area contributed by atoms with Crippen LogP contribution in [-0.2, 0) is 10.0 Å². The van der Waals surface area contributed by atoms with Gasteiger partial charge in [0.25, 0.3) is 0 Å². The Hall–Kier alpha value is -1.31. The fourth-order valence-corrected chi connectivity index (χ4v) is 3.00. The molecule has 1 aliphatic rings. The van der Waals surface area contributed by atoms with Crippen LogP contribution in [0.1, 0.15) is 19.3 Å². The molecule has 0 unspecified atom stereocenters. The molecule has 106 valence electrons. The fraction of sp³-hybridized carbons (Fsp3) is 0.500. The maximum absolute atomic E-state index is 11.7. The Morgan fingerprint density at radius 1 is 1.21 bits per heavy atom. The maximum Gasteiger partial charge on any atom is 0.242 e. The van der Waals surface area contributed by atoms with E-state index in [1.165, 1.54) is 32.4 Å². The van der Waals surface area contributed by atoms with Gasteiger partial charge < -0.3 is 11.2 Å². The molecular formula is C12H20N4O2S. The number of piperidine rings is 1. The van der Waals surface area contributed by atoms with E-state index in [0.717, 1.165) is 18.8 Å². The van der Waals surface area contributed by atoms with E-state index in [-0.39, 0.29) is 10.6 Å². The van der Waals surface area contributed by atoms with Crippen LogP contribution in [0.2, 0.25) is 0 Å². The first-order valence-corrected chi connectivity index (χ1v) is 7.86. The van der Waals surface area contributed by atoms with Gasteiger partial charge in [-0.25, -0.2) is 18.1 Å². The summed E-state index contributed by atoms with van der Waals surface area (Å²) in [6, 6.07) is 4.90. The van der Waals surface area contributed by atoms with Gasteiger partial charge in [-0.1, -0.05) is 6.42 Å². The number of nitrogens with two attached hydrogens (primary N) is 1. The standard InChI is InChI=1S/C12H20N4O2S/c1-14-19(17,18)12-6-5-10(9-11(12)13)15-16-7-3-2-4-8-16/h5-6,9,14-15H,2-4,7-8,13H2,1H3. The summed E-state index contributed by atoms with van der Waals surface area (Å²) in [6.45, 7) is 1.99. The molecule has 0 aliphatic carbocycles. The van der Waals surface area contributed by atoms with E-state index in [1.54, 1.807) is 12.1 Å². The van der Waals surface area contributed by atoms with Crippen molar-refractivity contribution < 1.29 is 8.42 Å². The Labute approximate surface area is 114 Å². The van der Waals surface area contributed by atoms with E-state index in [2.05, 4.69) is 15.2 Å². The van der Waals surface area contributed by atoms with Crippen LogP contribution in [-0.4, -0.2) is 33.6 Å². The number of anilines is 2. The Kier molecular flexibility index (Phi) is 4.28. The number of nitrogen functional groups attached to an aromatic ring is 1. The molecule has 7 heteroatoms. The fourth-order valence-electron chi connectivity index (χ4n) is 2.16. The molecule has 0 amide bonds. The molecule has 1 aromatic carbocycles. The lowest BCUT2D eigenvalue weighted by molar-refractivity contribution is 0.273. The highest BCUT2D eigenvalue weighted by molar-refractivity contribution is 7.89.